The number of amides is 1. The summed E-state index contributed by atoms with van der Waals surface area (Å²) in [6.45, 7) is 2.12. The number of carbonyl (C=O) groups excluding carboxylic acids is 1. The van der Waals surface area contributed by atoms with Gasteiger partial charge in [0.1, 0.15) is 6.17 Å². The molecule has 108 valence electrons. The lowest BCUT2D eigenvalue weighted by Gasteiger charge is -2.38. The van der Waals surface area contributed by atoms with Crippen molar-refractivity contribution in [2.24, 2.45) is 0 Å². The highest BCUT2D eigenvalue weighted by Gasteiger charge is 2.44. The molecule has 1 aromatic rings. The monoisotopic (exact) mass is 292 g/mol. The lowest BCUT2D eigenvalue weighted by Crippen LogP contribution is -2.44. The molecule has 1 aliphatic carbocycles. The SMILES string of the molecule is CCCC1NC(c2cccc(Cl)c2)N(C2CCC2)C1=O. The van der Waals surface area contributed by atoms with Gasteiger partial charge in [-0.2, -0.15) is 0 Å². The van der Waals surface area contributed by atoms with Gasteiger partial charge in [0, 0.05) is 11.1 Å². The van der Waals surface area contributed by atoms with Crippen molar-refractivity contribution in [1.82, 2.24) is 10.2 Å². The first-order valence-electron chi connectivity index (χ1n) is 7.54. The first kappa shape index (κ1) is 13.9. The fourth-order valence-electron chi connectivity index (χ4n) is 3.13. The number of hydrogen-bond donors (Lipinski definition) is 1. The summed E-state index contributed by atoms with van der Waals surface area (Å²) in [5.41, 5.74) is 1.09. The summed E-state index contributed by atoms with van der Waals surface area (Å²) in [4.78, 5) is 14.7. The van der Waals surface area contributed by atoms with Crippen LogP contribution in [0.4, 0.5) is 0 Å². The minimum Gasteiger partial charge on any atom is -0.319 e. The normalized spacial score (nSPS) is 26.9. The van der Waals surface area contributed by atoms with Crippen LogP contribution in [0, 0.1) is 0 Å². The van der Waals surface area contributed by atoms with Gasteiger partial charge in [-0.1, -0.05) is 37.1 Å². The minimum absolute atomic E-state index is 0.0111. The molecular weight excluding hydrogens is 272 g/mol. The maximum absolute atomic E-state index is 12.6. The van der Waals surface area contributed by atoms with Crippen molar-refractivity contribution >= 4 is 17.5 Å². The standard InChI is InChI=1S/C16H21ClN2O/c1-2-5-14-16(20)19(13-8-4-9-13)15(18-14)11-6-3-7-12(17)10-11/h3,6-7,10,13-15,18H,2,4-5,8-9H2,1H3. The number of carbonyl (C=O) groups is 1. The van der Waals surface area contributed by atoms with E-state index >= 15 is 0 Å². The molecule has 3 rings (SSSR count). The van der Waals surface area contributed by atoms with Crippen LogP contribution in [0.15, 0.2) is 24.3 Å². The quantitative estimate of drug-likeness (QED) is 0.921. The molecule has 1 saturated heterocycles. The average Bonchev–Trinajstić information content (AvgIpc) is 2.67. The zero-order valence-electron chi connectivity index (χ0n) is 11.8. The predicted molar refractivity (Wildman–Crippen MR) is 80.5 cm³/mol. The van der Waals surface area contributed by atoms with Gasteiger partial charge in [-0.25, -0.2) is 0 Å². The summed E-state index contributed by atoms with van der Waals surface area (Å²) in [7, 11) is 0. The summed E-state index contributed by atoms with van der Waals surface area (Å²) in [5.74, 6) is 0.265. The molecule has 2 unspecified atom stereocenters. The molecule has 1 aromatic carbocycles. The van der Waals surface area contributed by atoms with Crippen molar-refractivity contribution < 1.29 is 4.79 Å². The van der Waals surface area contributed by atoms with Crippen molar-refractivity contribution in [2.75, 3.05) is 0 Å². The Hall–Kier alpha value is -1.06. The van der Waals surface area contributed by atoms with E-state index in [0.29, 0.717) is 6.04 Å². The van der Waals surface area contributed by atoms with Gasteiger partial charge in [-0.05, 0) is 43.4 Å². The first-order chi connectivity index (χ1) is 9.70. The molecule has 20 heavy (non-hydrogen) atoms. The predicted octanol–water partition coefficient (Wildman–Crippen LogP) is 3.49. The lowest BCUT2D eigenvalue weighted by molar-refractivity contribution is -0.134. The maximum atomic E-state index is 12.6. The summed E-state index contributed by atoms with van der Waals surface area (Å²) in [6.07, 6.45) is 5.40. The Balaban J connectivity index is 1.88. The highest BCUT2D eigenvalue weighted by Crippen LogP contribution is 2.36. The van der Waals surface area contributed by atoms with Crippen LogP contribution >= 0.6 is 11.6 Å². The maximum Gasteiger partial charge on any atom is 0.241 e. The number of nitrogens with zero attached hydrogens (tertiary/aromatic N) is 1. The largest absolute Gasteiger partial charge is 0.319 e. The zero-order chi connectivity index (χ0) is 14.1. The molecule has 2 fully saturated rings. The van der Waals surface area contributed by atoms with Crippen LogP contribution in [-0.4, -0.2) is 22.9 Å². The summed E-state index contributed by atoms with van der Waals surface area (Å²) in [6, 6.07) is 8.21. The molecule has 2 atom stereocenters. The number of hydrogen-bond acceptors (Lipinski definition) is 2. The van der Waals surface area contributed by atoms with E-state index in [4.69, 9.17) is 11.6 Å². The van der Waals surface area contributed by atoms with E-state index in [2.05, 4.69) is 23.2 Å². The molecule has 0 bridgehead atoms. The van der Waals surface area contributed by atoms with Gasteiger partial charge in [-0.15, -0.1) is 0 Å². The zero-order valence-corrected chi connectivity index (χ0v) is 12.6. The molecule has 1 N–H and O–H groups in total. The molecule has 1 amide bonds. The fourth-order valence-corrected chi connectivity index (χ4v) is 3.33. The van der Waals surface area contributed by atoms with Crippen LogP contribution in [0.2, 0.25) is 5.02 Å². The van der Waals surface area contributed by atoms with Crippen LogP contribution < -0.4 is 5.32 Å². The van der Waals surface area contributed by atoms with E-state index in [0.717, 1.165) is 36.3 Å². The van der Waals surface area contributed by atoms with Gasteiger partial charge >= 0.3 is 0 Å². The molecule has 2 aliphatic rings. The van der Waals surface area contributed by atoms with Gasteiger partial charge in [0.2, 0.25) is 5.91 Å². The van der Waals surface area contributed by atoms with Gasteiger partial charge in [0.05, 0.1) is 6.04 Å². The Bertz CT molecular complexity index is 501. The fraction of sp³-hybridized carbons (Fsp3) is 0.562. The van der Waals surface area contributed by atoms with Gasteiger partial charge in [0.25, 0.3) is 0 Å². The molecule has 0 aromatic heterocycles. The van der Waals surface area contributed by atoms with E-state index < -0.39 is 0 Å². The molecule has 0 radical (unpaired) electrons. The van der Waals surface area contributed by atoms with Crippen molar-refractivity contribution in [2.45, 2.75) is 57.3 Å². The van der Waals surface area contributed by atoms with Gasteiger partial charge < -0.3 is 4.90 Å². The molecule has 1 heterocycles. The summed E-state index contributed by atoms with van der Waals surface area (Å²) < 4.78 is 0. The molecule has 1 saturated carbocycles. The van der Waals surface area contributed by atoms with Crippen molar-refractivity contribution in [3.63, 3.8) is 0 Å². The third kappa shape index (κ3) is 2.45. The van der Waals surface area contributed by atoms with Crippen LogP contribution in [-0.2, 0) is 4.79 Å². The molecule has 1 aliphatic heterocycles. The number of benzene rings is 1. The highest BCUT2D eigenvalue weighted by molar-refractivity contribution is 6.30. The van der Waals surface area contributed by atoms with E-state index in [1.54, 1.807) is 0 Å². The highest BCUT2D eigenvalue weighted by atomic mass is 35.5. The van der Waals surface area contributed by atoms with E-state index in [-0.39, 0.29) is 18.1 Å². The third-order valence-electron chi connectivity index (χ3n) is 4.40. The number of rotatable bonds is 4. The Morgan fingerprint density at radius 2 is 2.20 bits per heavy atom. The van der Waals surface area contributed by atoms with Gasteiger partial charge in [0.15, 0.2) is 0 Å². The van der Waals surface area contributed by atoms with Crippen molar-refractivity contribution in [3.05, 3.63) is 34.9 Å². The number of halogens is 1. The molecule has 3 nitrogen and oxygen atoms in total. The van der Waals surface area contributed by atoms with Gasteiger partial charge in [-0.3, -0.25) is 10.1 Å². The van der Waals surface area contributed by atoms with Crippen LogP contribution in [0.5, 0.6) is 0 Å². The molecule has 0 spiro atoms. The summed E-state index contributed by atoms with van der Waals surface area (Å²) >= 11 is 6.10. The Morgan fingerprint density at radius 1 is 1.40 bits per heavy atom. The Kier molecular flexibility index (Phi) is 3.99. The van der Waals surface area contributed by atoms with Crippen molar-refractivity contribution in [1.29, 1.82) is 0 Å². The molecule has 4 heteroatoms. The Labute approximate surface area is 125 Å². The smallest absolute Gasteiger partial charge is 0.241 e. The van der Waals surface area contributed by atoms with E-state index in [1.807, 2.05) is 18.2 Å². The molecular formula is C16H21ClN2O. The third-order valence-corrected chi connectivity index (χ3v) is 4.63. The second kappa shape index (κ2) is 5.74. The number of nitrogens with one attached hydrogen (secondary N) is 1. The second-order valence-corrected chi connectivity index (χ2v) is 6.23. The van der Waals surface area contributed by atoms with Crippen LogP contribution in [0.1, 0.15) is 50.8 Å². The lowest BCUT2D eigenvalue weighted by atomic mass is 9.90. The minimum atomic E-state index is -0.0374. The second-order valence-electron chi connectivity index (χ2n) is 5.80. The topological polar surface area (TPSA) is 32.3 Å². The van der Waals surface area contributed by atoms with Crippen molar-refractivity contribution in [3.8, 4) is 0 Å². The Morgan fingerprint density at radius 3 is 2.80 bits per heavy atom. The van der Waals surface area contributed by atoms with Crippen LogP contribution in [0.25, 0.3) is 0 Å². The van der Waals surface area contributed by atoms with E-state index in [9.17, 15) is 4.79 Å². The average molecular weight is 293 g/mol. The first-order valence-corrected chi connectivity index (χ1v) is 7.92. The van der Waals surface area contributed by atoms with E-state index in [1.165, 1.54) is 6.42 Å². The summed E-state index contributed by atoms with van der Waals surface area (Å²) in [5, 5.41) is 4.23. The van der Waals surface area contributed by atoms with Crippen LogP contribution in [0.3, 0.4) is 0 Å².